The number of anilines is 1. The zero-order valence-electron chi connectivity index (χ0n) is 17.4. The quantitative estimate of drug-likeness (QED) is 0.292. The molecule has 5 N–H and O–H groups in total. The lowest BCUT2D eigenvalue weighted by atomic mass is 9.98. The van der Waals surface area contributed by atoms with Crippen molar-refractivity contribution >= 4 is 11.5 Å². The summed E-state index contributed by atoms with van der Waals surface area (Å²) in [5, 5.41) is 34.0. The minimum Gasteiger partial charge on any atom is -0.508 e. The molecular formula is C22H31N5O2. The van der Waals surface area contributed by atoms with Crippen LogP contribution in [0.25, 0.3) is 0 Å². The van der Waals surface area contributed by atoms with Crippen molar-refractivity contribution in [1.29, 1.82) is 5.41 Å². The molecule has 0 radical (unpaired) electrons. The summed E-state index contributed by atoms with van der Waals surface area (Å²) in [7, 11) is 1.74. The van der Waals surface area contributed by atoms with Gasteiger partial charge in [-0.2, -0.15) is 0 Å². The maximum Gasteiger partial charge on any atom is 0.151 e. The predicted octanol–water partition coefficient (Wildman–Crippen LogP) is 2.59. The Bertz CT molecular complexity index is 845. The number of phenols is 2. The Morgan fingerprint density at radius 3 is 2.38 bits per heavy atom. The minimum atomic E-state index is -0.118. The average Bonchev–Trinajstić information content (AvgIpc) is 2.70. The van der Waals surface area contributed by atoms with Gasteiger partial charge in [-0.1, -0.05) is 26.0 Å². The highest BCUT2D eigenvalue weighted by atomic mass is 16.3. The van der Waals surface area contributed by atoms with Crippen LogP contribution in [0.3, 0.4) is 0 Å². The van der Waals surface area contributed by atoms with Crippen LogP contribution in [0, 0.1) is 5.41 Å². The number of benzene rings is 2. The molecule has 2 aromatic carbocycles. The highest BCUT2D eigenvalue weighted by molar-refractivity contribution is 6.09. The fraction of sp³-hybridized carbons (Fsp3) is 0.409. The molecule has 7 nitrogen and oxygen atoms in total. The zero-order valence-corrected chi connectivity index (χ0v) is 17.4. The topological polar surface area (TPSA) is 94.9 Å². The van der Waals surface area contributed by atoms with Crippen molar-refractivity contribution in [3.8, 4) is 11.5 Å². The second-order valence-corrected chi connectivity index (χ2v) is 7.68. The third kappa shape index (κ3) is 4.87. The van der Waals surface area contributed by atoms with Crippen molar-refractivity contribution in [3.63, 3.8) is 0 Å². The van der Waals surface area contributed by atoms with E-state index in [4.69, 9.17) is 5.41 Å². The van der Waals surface area contributed by atoms with Crippen LogP contribution in [0.5, 0.6) is 11.5 Å². The fourth-order valence-electron chi connectivity index (χ4n) is 3.61. The molecule has 1 aliphatic heterocycles. The van der Waals surface area contributed by atoms with Crippen molar-refractivity contribution in [2.45, 2.75) is 26.3 Å². The molecular weight excluding hydrogens is 366 g/mol. The SMILES string of the molecule is CNN(C(=N)c1cc(C(C)C)c(O)cc1O)c1ccc(CN2CCNCC2)cc1. The normalized spacial score (nSPS) is 14.9. The van der Waals surface area contributed by atoms with Crippen LogP contribution in [0.15, 0.2) is 36.4 Å². The average molecular weight is 398 g/mol. The summed E-state index contributed by atoms with van der Waals surface area (Å²) in [6.07, 6.45) is 0. The van der Waals surface area contributed by atoms with Gasteiger partial charge in [-0.3, -0.25) is 15.3 Å². The van der Waals surface area contributed by atoms with Gasteiger partial charge in [0.1, 0.15) is 11.5 Å². The number of amidine groups is 1. The van der Waals surface area contributed by atoms with Gasteiger partial charge < -0.3 is 15.5 Å². The molecule has 0 unspecified atom stereocenters. The Balaban J connectivity index is 1.80. The number of hydrazine groups is 1. The number of piperazine rings is 1. The molecule has 1 saturated heterocycles. The lowest BCUT2D eigenvalue weighted by Gasteiger charge is -2.28. The molecule has 0 atom stereocenters. The molecule has 7 heteroatoms. The summed E-state index contributed by atoms with van der Waals surface area (Å²) in [5.41, 5.74) is 6.13. The Hall–Kier alpha value is -2.61. The Morgan fingerprint density at radius 2 is 1.79 bits per heavy atom. The number of nitrogens with one attached hydrogen (secondary N) is 3. The summed E-state index contributed by atoms with van der Waals surface area (Å²) in [6.45, 7) is 8.99. The highest BCUT2D eigenvalue weighted by Crippen LogP contribution is 2.33. The van der Waals surface area contributed by atoms with Gasteiger partial charge in [0, 0.05) is 45.8 Å². The van der Waals surface area contributed by atoms with Crippen molar-refractivity contribution in [3.05, 3.63) is 53.1 Å². The molecule has 1 heterocycles. The standard InChI is InChI=1S/C22H31N5O2/c1-15(2)18-12-19(21(29)13-20(18)28)22(23)27(24-3)17-6-4-16(5-7-17)14-26-10-8-25-9-11-26/h4-7,12-13,15,23-25,28-29H,8-11,14H2,1-3H3. The first-order valence-corrected chi connectivity index (χ1v) is 10.0. The summed E-state index contributed by atoms with van der Waals surface area (Å²) >= 11 is 0. The molecule has 3 rings (SSSR count). The molecule has 0 spiro atoms. The third-order valence-electron chi connectivity index (χ3n) is 5.28. The van der Waals surface area contributed by atoms with Gasteiger partial charge in [-0.15, -0.1) is 0 Å². The number of hydrogen-bond donors (Lipinski definition) is 5. The maximum atomic E-state index is 10.3. The molecule has 0 bridgehead atoms. The van der Waals surface area contributed by atoms with Gasteiger partial charge in [0.2, 0.25) is 0 Å². The number of aromatic hydroxyl groups is 2. The summed E-state index contributed by atoms with van der Waals surface area (Å²) in [4.78, 5) is 2.42. The fourth-order valence-corrected chi connectivity index (χ4v) is 3.61. The van der Waals surface area contributed by atoms with Crippen molar-refractivity contribution in [2.75, 3.05) is 38.2 Å². The van der Waals surface area contributed by atoms with Crippen molar-refractivity contribution in [2.24, 2.45) is 0 Å². The van der Waals surface area contributed by atoms with Crippen molar-refractivity contribution in [1.82, 2.24) is 15.6 Å². The molecule has 0 amide bonds. The molecule has 2 aromatic rings. The second kappa shape index (κ2) is 9.26. The van der Waals surface area contributed by atoms with Gasteiger partial charge in [0.05, 0.1) is 11.3 Å². The van der Waals surface area contributed by atoms with E-state index in [0.717, 1.165) is 38.4 Å². The number of hydrogen-bond acceptors (Lipinski definition) is 6. The van der Waals surface area contributed by atoms with Gasteiger partial charge in [0.15, 0.2) is 5.84 Å². The Morgan fingerprint density at radius 1 is 1.14 bits per heavy atom. The molecule has 0 aromatic heterocycles. The summed E-state index contributed by atoms with van der Waals surface area (Å²) < 4.78 is 0. The van der Waals surface area contributed by atoms with Crippen LogP contribution < -0.4 is 15.8 Å². The zero-order chi connectivity index (χ0) is 21.0. The van der Waals surface area contributed by atoms with E-state index in [9.17, 15) is 10.2 Å². The smallest absolute Gasteiger partial charge is 0.151 e. The third-order valence-corrected chi connectivity index (χ3v) is 5.28. The van der Waals surface area contributed by atoms with Crippen molar-refractivity contribution < 1.29 is 10.2 Å². The number of nitrogens with zero attached hydrogens (tertiary/aromatic N) is 2. The van der Waals surface area contributed by atoms with Crippen LogP contribution in [-0.2, 0) is 6.54 Å². The predicted molar refractivity (Wildman–Crippen MR) is 117 cm³/mol. The van der Waals surface area contributed by atoms with Crippen LogP contribution in [0.2, 0.25) is 0 Å². The Kier molecular flexibility index (Phi) is 6.74. The van der Waals surface area contributed by atoms with Gasteiger partial charge in [-0.25, -0.2) is 5.43 Å². The summed E-state index contributed by atoms with van der Waals surface area (Å²) in [6, 6.07) is 11.1. The van der Waals surface area contributed by atoms with Gasteiger partial charge in [0.25, 0.3) is 0 Å². The minimum absolute atomic E-state index is 0.0438. The lowest BCUT2D eigenvalue weighted by Crippen LogP contribution is -2.43. The van der Waals surface area contributed by atoms with E-state index in [0.29, 0.717) is 11.1 Å². The molecule has 0 saturated carbocycles. The maximum absolute atomic E-state index is 10.3. The van der Waals surface area contributed by atoms with Crippen LogP contribution in [0.1, 0.15) is 36.5 Å². The second-order valence-electron chi connectivity index (χ2n) is 7.68. The first kappa shape index (κ1) is 21.1. The number of phenolic OH excluding ortho intramolecular Hbond substituents is 2. The van der Waals surface area contributed by atoms with E-state index in [-0.39, 0.29) is 23.3 Å². The number of rotatable bonds is 6. The molecule has 156 valence electrons. The summed E-state index contributed by atoms with van der Waals surface area (Å²) in [5.74, 6) is 0.117. The van der Waals surface area contributed by atoms with E-state index in [1.807, 2.05) is 26.0 Å². The first-order chi connectivity index (χ1) is 13.9. The Labute approximate surface area is 172 Å². The molecule has 1 fully saturated rings. The van der Waals surface area contributed by atoms with Crippen LogP contribution in [-0.4, -0.2) is 54.2 Å². The van der Waals surface area contributed by atoms with Crippen LogP contribution in [0.4, 0.5) is 5.69 Å². The lowest BCUT2D eigenvalue weighted by molar-refractivity contribution is 0.233. The van der Waals surface area contributed by atoms with Crippen LogP contribution >= 0.6 is 0 Å². The van der Waals surface area contributed by atoms with Gasteiger partial charge >= 0.3 is 0 Å². The molecule has 1 aliphatic rings. The monoisotopic (exact) mass is 397 g/mol. The van der Waals surface area contributed by atoms with E-state index >= 15 is 0 Å². The first-order valence-electron chi connectivity index (χ1n) is 10.0. The van der Waals surface area contributed by atoms with E-state index in [2.05, 4.69) is 27.8 Å². The van der Waals surface area contributed by atoms with E-state index in [1.54, 1.807) is 18.1 Å². The van der Waals surface area contributed by atoms with E-state index < -0.39 is 0 Å². The largest absolute Gasteiger partial charge is 0.508 e. The molecule has 29 heavy (non-hydrogen) atoms. The highest BCUT2D eigenvalue weighted by Gasteiger charge is 2.20. The van der Waals surface area contributed by atoms with E-state index in [1.165, 1.54) is 11.6 Å². The molecule has 0 aliphatic carbocycles. The van der Waals surface area contributed by atoms with Gasteiger partial charge in [-0.05, 0) is 35.2 Å².